The fraction of sp³-hybridized carbons (Fsp3) is 0.357. The van der Waals surface area contributed by atoms with Crippen molar-refractivity contribution < 1.29 is 19.5 Å². The van der Waals surface area contributed by atoms with Crippen molar-refractivity contribution in [1.29, 1.82) is 0 Å². The molecule has 1 atom stereocenters. The molecule has 0 saturated heterocycles. The number of carboxylic acid groups (broad SMARTS) is 1. The van der Waals surface area contributed by atoms with E-state index in [0.29, 0.717) is 0 Å². The molecule has 0 saturated carbocycles. The molecule has 0 aliphatic carbocycles. The molecule has 0 fully saturated rings. The van der Waals surface area contributed by atoms with Gasteiger partial charge in [0.15, 0.2) is 0 Å². The number of carboxylic acids is 1. The molecule has 0 spiro atoms. The van der Waals surface area contributed by atoms with Crippen molar-refractivity contribution >= 4 is 46.1 Å². The smallest absolute Gasteiger partial charge is 0.337 e. The van der Waals surface area contributed by atoms with Gasteiger partial charge in [-0.15, -0.1) is 0 Å². The van der Waals surface area contributed by atoms with Gasteiger partial charge in [0, 0.05) is 10.5 Å². The number of amides is 2. The lowest BCUT2D eigenvalue weighted by atomic mass is 10.0. The van der Waals surface area contributed by atoms with Crippen LogP contribution in [0.2, 0.25) is 0 Å². The van der Waals surface area contributed by atoms with Crippen LogP contribution in [-0.4, -0.2) is 28.9 Å². The topological polar surface area (TPSA) is 95.5 Å². The molecule has 6 nitrogen and oxygen atoms in total. The number of hydrogen-bond acceptors (Lipinski definition) is 3. The largest absolute Gasteiger partial charge is 0.478 e. The predicted molar refractivity (Wildman–Crippen MR) is 87.2 cm³/mol. The summed E-state index contributed by atoms with van der Waals surface area (Å²) in [7, 11) is 0. The molecule has 0 heterocycles. The maximum Gasteiger partial charge on any atom is 0.337 e. The van der Waals surface area contributed by atoms with Gasteiger partial charge in [0.05, 0.1) is 11.3 Å². The van der Waals surface area contributed by atoms with E-state index in [1.165, 1.54) is 19.1 Å². The van der Waals surface area contributed by atoms with Gasteiger partial charge in [0.2, 0.25) is 11.8 Å². The maximum atomic E-state index is 12.2. The fourth-order valence-corrected chi connectivity index (χ4v) is 2.26. The van der Waals surface area contributed by atoms with Crippen molar-refractivity contribution in [3.8, 4) is 0 Å². The van der Waals surface area contributed by atoms with Gasteiger partial charge in [0.25, 0.3) is 0 Å². The Morgan fingerprint density at radius 1 is 1.24 bits per heavy atom. The highest BCUT2D eigenvalue weighted by Gasteiger charge is 2.24. The van der Waals surface area contributed by atoms with Crippen LogP contribution >= 0.6 is 22.6 Å². The summed E-state index contributed by atoms with van der Waals surface area (Å²) < 4.78 is 0.755. The van der Waals surface area contributed by atoms with Crippen LogP contribution in [0, 0.1) is 9.49 Å². The predicted octanol–water partition coefficient (Wildman–Crippen LogP) is 2.09. The second kappa shape index (κ2) is 7.39. The van der Waals surface area contributed by atoms with E-state index >= 15 is 0 Å². The molecule has 2 amide bonds. The van der Waals surface area contributed by atoms with Crippen LogP contribution in [-0.2, 0) is 9.59 Å². The van der Waals surface area contributed by atoms with Crippen LogP contribution in [0.1, 0.15) is 31.1 Å². The van der Waals surface area contributed by atoms with Crippen molar-refractivity contribution in [3.63, 3.8) is 0 Å². The molecule has 0 bridgehead atoms. The third-order valence-corrected chi connectivity index (χ3v) is 3.45. The zero-order valence-electron chi connectivity index (χ0n) is 11.9. The zero-order valence-corrected chi connectivity index (χ0v) is 14.1. The summed E-state index contributed by atoms with van der Waals surface area (Å²) in [6.45, 7) is 4.93. The molecular formula is C14H17IN2O4. The minimum atomic E-state index is -1.12. The fourth-order valence-electron chi connectivity index (χ4n) is 1.77. The van der Waals surface area contributed by atoms with Gasteiger partial charge in [0.1, 0.15) is 6.04 Å². The number of carbonyl (C=O) groups is 3. The molecule has 0 radical (unpaired) electrons. The van der Waals surface area contributed by atoms with E-state index in [4.69, 9.17) is 0 Å². The second-order valence-electron chi connectivity index (χ2n) is 4.91. The number of anilines is 1. The Hall–Kier alpha value is -1.64. The summed E-state index contributed by atoms with van der Waals surface area (Å²) in [5.41, 5.74) is 0.226. The molecule has 1 aromatic rings. The lowest BCUT2D eigenvalue weighted by Crippen LogP contribution is -2.46. The van der Waals surface area contributed by atoms with Crippen LogP contribution in [0.5, 0.6) is 0 Å². The molecular weight excluding hydrogens is 387 g/mol. The van der Waals surface area contributed by atoms with Crippen LogP contribution in [0.25, 0.3) is 0 Å². The highest BCUT2D eigenvalue weighted by Crippen LogP contribution is 2.19. The van der Waals surface area contributed by atoms with Gasteiger partial charge in [-0.05, 0) is 46.7 Å². The molecule has 0 aliphatic heterocycles. The highest BCUT2D eigenvalue weighted by molar-refractivity contribution is 14.1. The second-order valence-corrected chi connectivity index (χ2v) is 6.15. The number of benzene rings is 1. The first kappa shape index (κ1) is 17.4. The van der Waals surface area contributed by atoms with Crippen LogP contribution < -0.4 is 10.6 Å². The molecule has 21 heavy (non-hydrogen) atoms. The Morgan fingerprint density at radius 2 is 1.86 bits per heavy atom. The highest BCUT2D eigenvalue weighted by atomic mass is 127. The van der Waals surface area contributed by atoms with Crippen molar-refractivity contribution in [2.24, 2.45) is 5.92 Å². The Bertz CT molecular complexity index is 572. The van der Waals surface area contributed by atoms with E-state index in [9.17, 15) is 19.5 Å². The van der Waals surface area contributed by atoms with Gasteiger partial charge >= 0.3 is 5.97 Å². The van der Waals surface area contributed by atoms with Gasteiger partial charge < -0.3 is 15.7 Å². The van der Waals surface area contributed by atoms with E-state index in [1.54, 1.807) is 19.9 Å². The normalized spacial score (nSPS) is 11.9. The average Bonchev–Trinajstić information content (AvgIpc) is 2.37. The monoisotopic (exact) mass is 404 g/mol. The Balaban J connectivity index is 3.01. The van der Waals surface area contributed by atoms with E-state index in [1.807, 2.05) is 22.6 Å². The molecule has 3 N–H and O–H groups in total. The number of rotatable bonds is 5. The summed E-state index contributed by atoms with van der Waals surface area (Å²) in [5, 5.41) is 14.3. The van der Waals surface area contributed by atoms with Gasteiger partial charge in [-0.2, -0.15) is 0 Å². The number of halogens is 1. The molecule has 1 unspecified atom stereocenters. The average molecular weight is 404 g/mol. The first-order valence-electron chi connectivity index (χ1n) is 6.33. The number of hydrogen-bond donors (Lipinski definition) is 3. The zero-order chi connectivity index (χ0) is 16.2. The standard InChI is InChI=1S/C14H17IN2O4/c1-7(2)12(16-8(3)18)13(19)17-11-5-4-9(15)6-10(11)14(20)21/h4-7,12H,1-3H3,(H,16,18)(H,17,19)(H,20,21). The lowest BCUT2D eigenvalue weighted by Gasteiger charge is -2.21. The summed E-state index contributed by atoms with van der Waals surface area (Å²) in [5.74, 6) is -2.00. The summed E-state index contributed by atoms with van der Waals surface area (Å²) in [6.07, 6.45) is 0. The Morgan fingerprint density at radius 3 is 2.33 bits per heavy atom. The Labute approximate surface area is 136 Å². The first-order valence-corrected chi connectivity index (χ1v) is 7.41. The van der Waals surface area contributed by atoms with E-state index in [0.717, 1.165) is 3.57 Å². The molecule has 1 aromatic carbocycles. The third kappa shape index (κ3) is 5.00. The van der Waals surface area contributed by atoms with Gasteiger partial charge in [-0.1, -0.05) is 13.8 Å². The molecule has 0 aliphatic rings. The van der Waals surface area contributed by atoms with Crippen LogP contribution in [0.4, 0.5) is 5.69 Å². The molecule has 114 valence electrons. The lowest BCUT2D eigenvalue weighted by molar-refractivity contribution is -0.126. The molecule has 7 heteroatoms. The van der Waals surface area contributed by atoms with E-state index in [2.05, 4.69) is 10.6 Å². The number of nitrogens with one attached hydrogen (secondary N) is 2. The minimum absolute atomic E-state index is 0.0144. The summed E-state index contributed by atoms with van der Waals surface area (Å²) in [6, 6.07) is 3.99. The van der Waals surface area contributed by atoms with Crippen molar-refractivity contribution in [3.05, 3.63) is 27.3 Å². The van der Waals surface area contributed by atoms with Crippen LogP contribution in [0.3, 0.4) is 0 Å². The summed E-state index contributed by atoms with van der Waals surface area (Å²) >= 11 is 2.00. The summed E-state index contributed by atoms with van der Waals surface area (Å²) in [4.78, 5) is 34.6. The van der Waals surface area contributed by atoms with Crippen LogP contribution in [0.15, 0.2) is 18.2 Å². The van der Waals surface area contributed by atoms with Gasteiger partial charge in [-0.3, -0.25) is 9.59 Å². The molecule has 1 rings (SSSR count). The minimum Gasteiger partial charge on any atom is -0.478 e. The SMILES string of the molecule is CC(=O)NC(C(=O)Nc1ccc(I)cc1C(=O)O)C(C)C. The number of carbonyl (C=O) groups excluding carboxylic acids is 2. The van der Waals surface area contributed by atoms with Crippen molar-refractivity contribution in [2.75, 3.05) is 5.32 Å². The molecule has 0 aromatic heterocycles. The third-order valence-electron chi connectivity index (χ3n) is 2.78. The quantitative estimate of drug-likeness (QED) is 0.655. The van der Waals surface area contributed by atoms with Gasteiger partial charge in [-0.25, -0.2) is 4.79 Å². The van der Waals surface area contributed by atoms with E-state index in [-0.39, 0.29) is 23.1 Å². The number of aromatic carboxylic acids is 1. The Kier molecular flexibility index (Phi) is 6.13. The van der Waals surface area contributed by atoms with Crippen molar-refractivity contribution in [1.82, 2.24) is 5.32 Å². The van der Waals surface area contributed by atoms with E-state index < -0.39 is 17.9 Å². The maximum absolute atomic E-state index is 12.2. The van der Waals surface area contributed by atoms with Crippen molar-refractivity contribution in [2.45, 2.75) is 26.8 Å². The first-order chi connectivity index (χ1) is 9.72.